The number of hydrogen-bond acceptors (Lipinski definition) is 5. The molecule has 0 bridgehead atoms. The Hall–Kier alpha value is -2.90. The number of nitrogens with one attached hydrogen (secondary N) is 1. The summed E-state index contributed by atoms with van der Waals surface area (Å²) in [6.45, 7) is 0.364. The van der Waals surface area contributed by atoms with Crippen LogP contribution in [0.2, 0.25) is 0 Å². The zero-order valence-corrected chi connectivity index (χ0v) is 17.7. The number of alkyl halides is 2. The summed E-state index contributed by atoms with van der Waals surface area (Å²) in [6.07, 6.45) is 4.40. The van der Waals surface area contributed by atoms with Gasteiger partial charge in [-0.25, -0.2) is 31.9 Å². The number of aryl methyl sites for hydroxylation is 1. The van der Waals surface area contributed by atoms with E-state index in [1.54, 1.807) is 0 Å². The molecule has 0 aliphatic heterocycles. The molecular formula is C21H21F2N5O2S. The first-order valence-corrected chi connectivity index (χ1v) is 11.4. The lowest BCUT2D eigenvalue weighted by molar-refractivity contribution is 0.334. The first-order chi connectivity index (χ1) is 14.9. The van der Waals surface area contributed by atoms with Gasteiger partial charge in [-0.05, 0) is 37.3 Å². The van der Waals surface area contributed by atoms with Crippen LogP contribution >= 0.6 is 0 Å². The highest BCUT2D eigenvalue weighted by molar-refractivity contribution is 7.89. The fourth-order valence-corrected chi connectivity index (χ4v) is 4.61. The van der Waals surface area contributed by atoms with Crippen molar-refractivity contribution in [1.82, 2.24) is 19.3 Å². The normalized spacial score (nSPS) is 14.3. The predicted octanol–water partition coefficient (Wildman–Crippen LogP) is 3.27. The van der Waals surface area contributed by atoms with Crippen LogP contribution in [0.15, 0.2) is 35.5 Å². The smallest absolute Gasteiger partial charge is 0.244 e. The number of nitriles is 1. The van der Waals surface area contributed by atoms with Crippen molar-refractivity contribution in [3.8, 4) is 17.6 Å². The van der Waals surface area contributed by atoms with E-state index in [1.807, 2.05) is 34.4 Å². The lowest BCUT2D eigenvalue weighted by atomic mass is 10.1. The van der Waals surface area contributed by atoms with Crippen LogP contribution in [-0.2, 0) is 16.6 Å². The Bertz CT molecular complexity index is 1260. The van der Waals surface area contributed by atoms with Crippen LogP contribution in [0.1, 0.15) is 24.0 Å². The van der Waals surface area contributed by atoms with Crippen molar-refractivity contribution < 1.29 is 17.2 Å². The maximum Gasteiger partial charge on any atom is 0.244 e. The third kappa shape index (κ3) is 4.16. The highest BCUT2D eigenvalue weighted by Crippen LogP contribution is 2.37. The van der Waals surface area contributed by atoms with Crippen molar-refractivity contribution in [2.75, 3.05) is 13.3 Å². The standard InChI is InChI=1S/C21H21F2N5O2S/c1-13-2-5-17-18(9-24)20(28(19(17)6-13)12-14-3-4-14)21-25-10-16(11-26-21)31(29,30)27-15(7-22)8-23/h2,5-6,10-11,14-15,27H,3-4,7-8,12H2,1H3. The summed E-state index contributed by atoms with van der Waals surface area (Å²) in [5.41, 5.74) is 2.94. The molecule has 0 radical (unpaired) electrons. The van der Waals surface area contributed by atoms with Gasteiger partial charge in [-0.2, -0.15) is 5.26 Å². The zero-order valence-electron chi connectivity index (χ0n) is 16.8. The minimum absolute atomic E-state index is 0.220. The zero-order chi connectivity index (χ0) is 22.2. The molecule has 0 saturated heterocycles. The van der Waals surface area contributed by atoms with E-state index in [0.717, 1.165) is 48.2 Å². The molecule has 0 spiro atoms. The Morgan fingerprint density at radius 3 is 2.52 bits per heavy atom. The summed E-state index contributed by atoms with van der Waals surface area (Å²) in [7, 11) is -4.17. The van der Waals surface area contributed by atoms with Gasteiger partial charge in [0.2, 0.25) is 10.0 Å². The van der Waals surface area contributed by atoms with Gasteiger partial charge in [0.1, 0.15) is 30.0 Å². The van der Waals surface area contributed by atoms with Crippen LogP contribution in [0, 0.1) is 24.2 Å². The fraction of sp³-hybridized carbons (Fsp3) is 0.381. The number of fused-ring (bicyclic) bond motifs is 1. The molecule has 162 valence electrons. The number of halogens is 2. The van der Waals surface area contributed by atoms with Gasteiger partial charge in [-0.15, -0.1) is 0 Å². The number of benzene rings is 1. The van der Waals surface area contributed by atoms with E-state index < -0.39 is 29.4 Å². The van der Waals surface area contributed by atoms with Crippen molar-refractivity contribution >= 4 is 20.9 Å². The number of nitrogens with zero attached hydrogens (tertiary/aromatic N) is 4. The van der Waals surface area contributed by atoms with Crippen LogP contribution in [0.25, 0.3) is 22.4 Å². The highest BCUT2D eigenvalue weighted by atomic mass is 32.2. The molecule has 1 aliphatic carbocycles. The fourth-order valence-electron chi connectivity index (χ4n) is 3.52. The van der Waals surface area contributed by atoms with Gasteiger partial charge < -0.3 is 4.57 Å². The van der Waals surface area contributed by atoms with E-state index in [4.69, 9.17) is 0 Å². The molecule has 4 rings (SSSR count). The molecule has 1 aromatic carbocycles. The number of hydrogen-bond donors (Lipinski definition) is 1. The molecule has 0 amide bonds. The molecule has 2 heterocycles. The van der Waals surface area contributed by atoms with Crippen molar-refractivity contribution in [2.45, 2.75) is 37.2 Å². The summed E-state index contributed by atoms with van der Waals surface area (Å²) in [5, 5.41) is 10.6. The highest BCUT2D eigenvalue weighted by Gasteiger charge is 2.28. The molecule has 10 heteroatoms. The number of rotatable bonds is 8. The van der Waals surface area contributed by atoms with Gasteiger partial charge in [0.25, 0.3) is 0 Å². The van der Waals surface area contributed by atoms with Gasteiger partial charge in [-0.3, -0.25) is 0 Å². The monoisotopic (exact) mass is 445 g/mol. The quantitative estimate of drug-likeness (QED) is 0.574. The molecular weight excluding hydrogens is 424 g/mol. The molecule has 31 heavy (non-hydrogen) atoms. The molecule has 2 aromatic heterocycles. The SMILES string of the molecule is Cc1ccc2c(C#N)c(-c3ncc(S(=O)(=O)NC(CF)CF)cn3)n(CC3CC3)c2c1. The van der Waals surface area contributed by atoms with Crippen LogP contribution in [-0.4, -0.2) is 42.3 Å². The lowest BCUT2D eigenvalue weighted by Gasteiger charge is -2.13. The third-order valence-corrected chi connectivity index (χ3v) is 6.79. The molecule has 0 atom stereocenters. The molecule has 1 aliphatic rings. The summed E-state index contributed by atoms with van der Waals surface area (Å²) < 4.78 is 54.1. The second-order valence-electron chi connectivity index (χ2n) is 7.78. The minimum atomic E-state index is -4.17. The van der Waals surface area contributed by atoms with Crippen LogP contribution in [0.4, 0.5) is 8.78 Å². The van der Waals surface area contributed by atoms with Crippen LogP contribution in [0.5, 0.6) is 0 Å². The van der Waals surface area contributed by atoms with Crippen molar-refractivity contribution in [2.24, 2.45) is 5.92 Å². The second-order valence-corrected chi connectivity index (χ2v) is 9.49. The predicted molar refractivity (Wildman–Crippen MR) is 111 cm³/mol. The Morgan fingerprint density at radius 2 is 1.94 bits per heavy atom. The van der Waals surface area contributed by atoms with Crippen molar-refractivity contribution in [3.05, 3.63) is 41.7 Å². The topological polar surface area (TPSA) is 101 Å². The summed E-state index contributed by atoms with van der Waals surface area (Å²) in [4.78, 5) is 8.09. The van der Waals surface area contributed by atoms with Gasteiger partial charge >= 0.3 is 0 Å². The maximum absolute atomic E-state index is 12.7. The largest absolute Gasteiger partial charge is 0.336 e. The minimum Gasteiger partial charge on any atom is -0.336 e. The maximum atomic E-state index is 12.7. The van der Waals surface area contributed by atoms with Crippen LogP contribution < -0.4 is 4.72 Å². The van der Waals surface area contributed by atoms with Gasteiger partial charge in [-0.1, -0.05) is 12.1 Å². The van der Waals surface area contributed by atoms with Crippen molar-refractivity contribution in [3.63, 3.8) is 0 Å². The molecule has 1 saturated carbocycles. The van der Waals surface area contributed by atoms with Crippen LogP contribution in [0.3, 0.4) is 0 Å². The average Bonchev–Trinajstić information content (AvgIpc) is 3.54. The Kier molecular flexibility index (Phi) is 5.73. The molecule has 1 N–H and O–H groups in total. The Labute approximate surface area is 178 Å². The van der Waals surface area contributed by atoms with E-state index >= 15 is 0 Å². The first-order valence-electron chi connectivity index (χ1n) is 9.87. The van der Waals surface area contributed by atoms with Gasteiger partial charge in [0.05, 0.1) is 29.5 Å². The molecule has 3 aromatic rings. The number of aromatic nitrogens is 3. The average molecular weight is 445 g/mol. The van der Waals surface area contributed by atoms with E-state index in [0.29, 0.717) is 17.2 Å². The van der Waals surface area contributed by atoms with Gasteiger partial charge in [0, 0.05) is 11.9 Å². The summed E-state index contributed by atoms with van der Waals surface area (Å²) in [5.74, 6) is 0.737. The summed E-state index contributed by atoms with van der Waals surface area (Å²) >= 11 is 0. The molecule has 7 nitrogen and oxygen atoms in total. The molecule has 1 fully saturated rings. The van der Waals surface area contributed by atoms with E-state index in [9.17, 15) is 22.5 Å². The van der Waals surface area contributed by atoms with Gasteiger partial charge in [0.15, 0.2) is 5.82 Å². The third-order valence-electron chi connectivity index (χ3n) is 5.31. The first kappa shape index (κ1) is 21.3. The molecule has 0 unspecified atom stereocenters. The summed E-state index contributed by atoms with van der Waals surface area (Å²) in [6, 6.07) is 6.62. The van der Waals surface area contributed by atoms with E-state index in [1.165, 1.54) is 0 Å². The van der Waals surface area contributed by atoms with E-state index in [-0.39, 0.29) is 10.7 Å². The lowest BCUT2D eigenvalue weighted by Crippen LogP contribution is -2.38. The Balaban J connectivity index is 1.79. The van der Waals surface area contributed by atoms with E-state index in [2.05, 4.69) is 16.0 Å². The Morgan fingerprint density at radius 1 is 1.26 bits per heavy atom. The van der Waals surface area contributed by atoms with Crippen molar-refractivity contribution in [1.29, 1.82) is 5.26 Å². The number of sulfonamides is 1. The second kappa shape index (κ2) is 8.32.